The molecule has 0 aliphatic carbocycles. The molecule has 2 aromatic carbocycles. The average Bonchev–Trinajstić information content (AvgIpc) is 2.67. The molecule has 27 heavy (non-hydrogen) atoms. The van der Waals surface area contributed by atoms with Gasteiger partial charge in [-0.15, -0.1) is 0 Å². The quantitative estimate of drug-likeness (QED) is 0.555. The number of nitrogens with zero attached hydrogens (tertiary/aromatic N) is 2. The fourth-order valence-electron chi connectivity index (χ4n) is 2.39. The number of carbonyl (C=O) groups is 2. The number of nitriles is 1. The van der Waals surface area contributed by atoms with Gasteiger partial charge < -0.3 is 9.64 Å². The molecule has 138 valence electrons. The van der Waals surface area contributed by atoms with Crippen LogP contribution in [0.5, 0.6) is 0 Å². The molecule has 0 N–H and O–H groups in total. The van der Waals surface area contributed by atoms with Gasteiger partial charge >= 0.3 is 5.97 Å². The van der Waals surface area contributed by atoms with Crippen LogP contribution in [-0.4, -0.2) is 25.0 Å². The fraction of sp³-hybridized carbons (Fsp3) is 0.227. The van der Waals surface area contributed by atoms with Gasteiger partial charge in [-0.2, -0.15) is 5.26 Å². The van der Waals surface area contributed by atoms with Crippen LogP contribution in [0.25, 0.3) is 6.08 Å². The van der Waals surface area contributed by atoms with Crippen molar-refractivity contribution in [1.82, 2.24) is 0 Å². The molecule has 0 aliphatic rings. The van der Waals surface area contributed by atoms with E-state index in [1.165, 1.54) is 11.0 Å². The summed E-state index contributed by atoms with van der Waals surface area (Å²) < 4.78 is 5.06. The molecule has 0 aromatic heterocycles. The van der Waals surface area contributed by atoms with E-state index in [9.17, 15) is 9.59 Å². The second-order valence-electron chi connectivity index (χ2n) is 6.14. The Morgan fingerprint density at radius 2 is 1.63 bits per heavy atom. The summed E-state index contributed by atoms with van der Waals surface area (Å²) in [5.41, 5.74) is 3.75. The lowest BCUT2D eigenvalue weighted by molar-refractivity contribution is -0.142. The number of amides is 1. The molecule has 0 saturated carbocycles. The molecular formula is C22H22N2O3. The normalized spacial score (nSPS) is 10.4. The van der Waals surface area contributed by atoms with Gasteiger partial charge in [-0.3, -0.25) is 4.79 Å². The van der Waals surface area contributed by atoms with E-state index in [-0.39, 0.29) is 25.5 Å². The molecule has 0 bridgehead atoms. The van der Waals surface area contributed by atoms with Gasteiger partial charge in [-0.05, 0) is 37.6 Å². The van der Waals surface area contributed by atoms with Gasteiger partial charge in [0, 0.05) is 18.3 Å². The number of esters is 1. The van der Waals surface area contributed by atoms with Crippen LogP contribution in [0, 0.1) is 25.2 Å². The monoisotopic (exact) mass is 362 g/mol. The summed E-state index contributed by atoms with van der Waals surface area (Å²) in [6.45, 7) is 3.80. The fourth-order valence-corrected chi connectivity index (χ4v) is 2.39. The minimum absolute atomic E-state index is 0.195. The van der Waals surface area contributed by atoms with E-state index < -0.39 is 5.97 Å². The molecule has 0 radical (unpaired) electrons. The largest absolute Gasteiger partial charge is 0.452 e. The van der Waals surface area contributed by atoms with Gasteiger partial charge in [-0.25, -0.2) is 4.79 Å². The Morgan fingerprint density at radius 3 is 2.22 bits per heavy atom. The van der Waals surface area contributed by atoms with Crippen molar-refractivity contribution in [3.05, 3.63) is 71.3 Å². The Morgan fingerprint density at radius 1 is 1.04 bits per heavy atom. The van der Waals surface area contributed by atoms with Gasteiger partial charge in [0.2, 0.25) is 0 Å². The molecule has 2 aromatic rings. The maximum Gasteiger partial charge on any atom is 0.331 e. The average molecular weight is 362 g/mol. The Kier molecular flexibility index (Phi) is 7.33. The van der Waals surface area contributed by atoms with Crippen LogP contribution in [-0.2, 0) is 14.3 Å². The Balaban J connectivity index is 1.95. The standard InChI is InChI=1S/C22H22N2O3/c1-17-4-8-19(9-5-17)10-13-22(26)27-16-21(25)24(15-3-14-23)20-11-6-18(2)7-12-20/h4-13H,3,15-16H2,1-2H3/b13-10+. The molecule has 1 amide bonds. The van der Waals surface area contributed by atoms with Crippen LogP contribution < -0.4 is 4.90 Å². The van der Waals surface area contributed by atoms with E-state index in [1.54, 1.807) is 6.08 Å². The van der Waals surface area contributed by atoms with Gasteiger partial charge in [0.25, 0.3) is 5.91 Å². The van der Waals surface area contributed by atoms with E-state index in [0.717, 1.165) is 16.7 Å². The van der Waals surface area contributed by atoms with E-state index in [0.29, 0.717) is 5.69 Å². The molecule has 0 saturated heterocycles. The highest BCUT2D eigenvalue weighted by Crippen LogP contribution is 2.16. The molecule has 0 aliphatic heterocycles. The number of aryl methyl sites for hydroxylation is 2. The second-order valence-corrected chi connectivity index (χ2v) is 6.14. The highest BCUT2D eigenvalue weighted by atomic mass is 16.5. The number of benzene rings is 2. The zero-order valence-electron chi connectivity index (χ0n) is 15.5. The number of hydrogen-bond donors (Lipinski definition) is 0. The van der Waals surface area contributed by atoms with E-state index in [4.69, 9.17) is 10.00 Å². The van der Waals surface area contributed by atoms with E-state index >= 15 is 0 Å². The smallest absolute Gasteiger partial charge is 0.331 e. The second kappa shape index (κ2) is 9.93. The molecular weight excluding hydrogens is 340 g/mol. The number of hydrogen-bond acceptors (Lipinski definition) is 4. The predicted octanol–water partition coefficient (Wildman–Crippen LogP) is 3.81. The minimum atomic E-state index is -0.590. The predicted molar refractivity (Wildman–Crippen MR) is 105 cm³/mol. The lowest BCUT2D eigenvalue weighted by Crippen LogP contribution is -2.35. The molecule has 0 unspecified atom stereocenters. The van der Waals surface area contributed by atoms with Crippen molar-refractivity contribution in [2.24, 2.45) is 0 Å². The van der Waals surface area contributed by atoms with Crippen molar-refractivity contribution in [1.29, 1.82) is 5.26 Å². The van der Waals surface area contributed by atoms with Crippen LogP contribution in [0.2, 0.25) is 0 Å². The van der Waals surface area contributed by atoms with Crippen molar-refractivity contribution in [2.75, 3.05) is 18.1 Å². The van der Waals surface area contributed by atoms with E-state index in [2.05, 4.69) is 0 Å². The molecule has 5 nitrogen and oxygen atoms in total. The highest BCUT2D eigenvalue weighted by molar-refractivity contribution is 5.96. The van der Waals surface area contributed by atoms with E-state index in [1.807, 2.05) is 68.4 Å². The van der Waals surface area contributed by atoms with Crippen LogP contribution in [0.3, 0.4) is 0 Å². The van der Waals surface area contributed by atoms with Gasteiger partial charge in [0.15, 0.2) is 6.61 Å². The van der Waals surface area contributed by atoms with Crippen molar-refractivity contribution < 1.29 is 14.3 Å². The first-order chi connectivity index (χ1) is 13.0. The molecule has 2 rings (SSSR count). The Hall–Kier alpha value is -3.39. The van der Waals surface area contributed by atoms with Crippen molar-refractivity contribution in [3.8, 4) is 6.07 Å². The maximum atomic E-state index is 12.5. The first-order valence-electron chi connectivity index (χ1n) is 8.65. The molecule has 0 fully saturated rings. The SMILES string of the molecule is Cc1ccc(/C=C/C(=O)OCC(=O)N(CCC#N)c2ccc(C)cc2)cc1. The lowest BCUT2D eigenvalue weighted by Gasteiger charge is -2.21. The van der Waals surface area contributed by atoms with Gasteiger partial charge in [-0.1, -0.05) is 47.5 Å². The van der Waals surface area contributed by atoms with Crippen LogP contribution >= 0.6 is 0 Å². The summed E-state index contributed by atoms with van der Waals surface area (Å²) >= 11 is 0. The third-order valence-corrected chi connectivity index (χ3v) is 3.92. The van der Waals surface area contributed by atoms with Gasteiger partial charge in [0.05, 0.1) is 12.5 Å². The zero-order valence-corrected chi connectivity index (χ0v) is 15.5. The molecule has 5 heteroatoms. The third kappa shape index (κ3) is 6.44. The number of carbonyl (C=O) groups excluding carboxylic acids is 2. The summed E-state index contributed by atoms with van der Waals surface area (Å²) in [5, 5.41) is 8.82. The van der Waals surface area contributed by atoms with Crippen LogP contribution in [0.1, 0.15) is 23.1 Å². The first-order valence-corrected chi connectivity index (χ1v) is 8.65. The first kappa shape index (κ1) is 19.9. The highest BCUT2D eigenvalue weighted by Gasteiger charge is 2.16. The number of ether oxygens (including phenoxy) is 1. The minimum Gasteiger partial charge on any atom is -0.452 e. The summed E-state index contributed by atoms with van der Waals surface area (Å²) in [7, 11) is 0. The Labute approximate surface area is 159 Å². The molecule has 0 heterocycles. The summed E-state index contributed by atoms with van der Waals surface area (Å²) in [4.78, 5) is 25.8. The van der Waals surface area contributed by atoms with Crippen molar-refractivity contribution in [2.45, 2.75) is 20.3 Å². The van der Waals surface area contributed by atoms with Crippen molar-refractivity contribution in [3.63, 3.8) is 0 Å². The Bertz CT molecular complexity index is 847. The number of anilines is 1. The van der Waals surface area contributed by atoms with Crippen molar-refractivity contribution >= 4 is 23.6 Å². The lowest BCUT2D eigenvalue weighted by atomic mass is 10.1. The topological polar surface area (TPSA) is 70.4 Å². The van der Waals surface area contributed by atoms with Crippen LogP contribution in [0.4, 0.5) is 5.69 Å². The summed E-state index contributed by atoms with van der Waals surface area (Å²) in [6, 6.07) is 17.1. The maximum absolute atomic E-state index is 12.5. The third-order valence-electron chi connectivity index (χ3n) is 3.92. The number of rotatable bonds is 7. The molecule has 0 atom stereocenters. The molecule has 0 spiro atoms. The van der Waals surface area contributed by atoms with Gasteiger partial charge in [0.1, 0.15) is 0 Å². The summed E-state index contributed by atoms with van der Waals surface area (Å²) in [5.74, 6) is -0.959. The zero-order chi connectivity index (χ0) is 19.6. The summed E-state index contributed by atoms with van der Waals surface area (Å²) in [6.07, 6.45) is 3.13. The van der Waals surface area contributed by atoms with Crippen LogP contribution in [0.15, 0.2) is 54.6 Å².